The highest BCUT2D eigenvalue weighted by atomic mass is 16.5. The number of ether oxygens (including phenoxy) is 1. The van der Waals surface area contributed by atoms with E-state index in [0.717, 1.165) is 28.3 Å². The summed E-state index contributed by atoms with van der Waals surface area (Å²) in [7, 11) is 0. The first kappa shape index (κ1) is 13.5. The topological polar surface area (TPSA) is 61.0 Å². The van der Waals surface area contributed by atoms with E-state index in [1.54, 1.807) is 0 Å². The molecular weight excluding hydrogens is 238 g/mol. The van der Waals surface area contributed by atoms with Gasteiger partial charge in [-0.05, 0) is 56.7 Å². The quantitative estimate of drug-likeness (QED) is 0.914. The second kappa shape index (κ2) is 5.80. The molecule has 2 rings (SSSR count). The number of aryl methyl sites for hydroxylation is 1. The van der Waals surface area contributed by atoms with Crippen molar-refractivity contribution in [2.45, 2.75) is 33.4 Å². The molecule has 2 aromatic rings. The van der Waals surface area contributed by atoms with Crippen LogP contribution in [0.4, 0.5) is 0 Å². The molecule has 1 heterocycles. The number of hydrogen-bond acceptors (Lipinski definition) is 4. The maximum absolute atomic E-state index is 5.72. The van der Waals surface area contributed by atoms with Gasteiger partial charge in [-0.15, -0.1) is 0 Å². The van der Waals surface area contributed by atoms with Gasteiger partial charge in [-0.3, -0.25) is 0 Å². The Kier molecular flexibility index (Phi) is 4.12. The van der Waals surface area contributed by atoms with Gasteiger partial charge in [0.1, 0.15) is 5.75 Å². The zero-order valence-electron chi connectivity index (χ0n) is 11.6. The van der Waals surface area contributed by atoms with Crippen molar-refractivity contribution in [1.82, 2.24) is 10.2 Å². The second-order valence-corrected chi connectivity index (χ2v) is 4.76. The molecule has 19 heavy (non-hydrogen) atoms. The zero-order valence-corrected chi connectivity index (χ0v) is 11.6. The fraction of sp³-hybridized carbons (Fsp3) is 0.333. The van der Waals surface area contributed by atoms with Crippen LogP contribution >= 0.6 is 0 Å². The Morgan fingerprint density at radius 3 is 2.47 bits per heavy atom. The molecule has 0 atom stereocenters. The Labute approximate surface area is 113 Å². The van der Waals surface area contributed by atoms with Crippen molar-refractivity contribution in [1.29, 1.82) is 0 Å². The zero-order chi connectivity index (χ0) is 13.8. The first-order valence-electron chi connectivity index (χ1n) is 6.40. The van der Waals surface area contributed by atoms with Crippen molar-refractivity contribution in [2.24, 2.45) is 5.73 Å². The Balaban J connectivity index is 2.27. The molecule has 0 saturated heterocycles. The van der Waals surface area contributed by atoms with Crippen molar-refractivity contribution < 1.29 is 4.74 Å². The van der Waals surface area contributed by atoms with Gasteiger partial charge in [0, 0.05) is 12.1 Å². The van der Waals surface area contributed by atoms with Crippen LogP contribution in [0.15, 0.2) is 30.3 Å². The van der Waals surface area contributed by atoms with E-state index >= 15 is 0 Å². The summed E-state index contributed by atoms with van der Waals surface area (Å²) in [5, 5.41) is 8.25. The molecule has 1 aromatic heterocycles. The summed E-state index contributed by atoms with van der Waals surface area (Å²) in [5.74, 6) is 0.908. The predicted molar refractivity (Wildman–Crippen MR) is 75.9 cm³/mol. The van der Waals surface area contributed by atoms with Crippen LogP contribution in [0.1, 0.15) is 25.1 Å². The molecule has 0 aliphatic carbocycles. The third-order valence-electron chi connectivity index (χ3n) is 2.76. The van der Waals surface area contributed by atoms with Gasteiger partial charge >= 0.3 is 0 Å². The highest BCUT2D eigenvalue weighted by Crippen LogP contribution is 2.25. The normalized spacial score (nSPS) is 10.8. The molecule has 0 aliphatic heterocycles. The average molecular weight is 257 g/mol. The van der Waals surface area contributed by atoms with Crippen LogP contribution < -0.4 is 10.5 Å². The van der Waals surface area contributed by atoms with E-state index in [2.05, 4.69) is 16.3 Å². The second-order valence-electron chi connectivity index (χ2n) is 4.76. The van der Waals surface area contributed by atoms with Gasteiger partial charge in [0.25, 0.3) is 0 Å². The smallest absolute Gasteiger partial charge is 0.122 e. The minimum atomic E-state index is 0.174. The minimum Gasteiger partial charge on any atom is -0.491 e. The molecule has 1 aromatic carbocycles. The maximum atomic E-state index is 5.72. The Morgan fingerprint density at radius 1 is 1.16 bits per heavy atom. The SMILES string of the molecule is Cc1cc(-c2ccc(CN)nn2)ccc1OC(C)C. The van der Waals surface area contributed by atoms with Gasteiger partial charge in [-0.2, -0.15) is 10.2 Å². The van der Waals surface area contributed by atoms with Gasteiger partial charge in [0.15, 0.2) is 0 Å². The van der Waals surface area contributed by atoms with Crippen LogP contribution in [-0.2, 0) is 6.54 Å². The number of aromatic nitrogens is 2. The average Bonchev–Trinajstić information content (AvgIpc) is 2.41. The predicted octanol–water partition coefficient (Wildman–Crippen LogP) is 2.70. The molecule has 2 N–H and O–H groups in total. The number of rotatable bonds is 4. The summed E-state index contributed by atoms with van der Waals surface area (Å²) in [6.45, 7) is 6.48. The highest BCUT2D eigenvalue weighted by molar-refractivity contribution is 5.61. The molecule has 0 bridgehead atoms. The number of benzene rings is 1. The Bertz CT molecular complexity index is 550. The van der Waals surface area contributed by atoms with Gasteiger partial charge in [-0.1, -0.05) is 0 Å². The van der Waals surface area contributed by atoms with Crippen LogP contribution in [0.2, 0.25) is 0 Å². The summed E-state index contributed by atoms with van der Waals surface area (Å²) in [6.07, 6.45) is 0.174. The summed E-state index contributed by atoms with van der Waals surface area (Å²) >= 11 is 0. The van der Waals surface area contributed by atoms with Gasteiger partial charge in [0.05, 0.1) is 17.5 Å². The van der Waals surface area contributed by atoms with Crippen LogP contribution in [0, 0.1) is 6.92 Å². The third-order valence-corrected chi connectivity index (χ3v) is 2.76. The van der Waals surface area contributed by atoms with E-state index < -0.39 is 0 Å². The van der Waals surface area contributed by atoms with E-state index in [4.69, 9.17) is 10.5 Å². The molecule has 0 saturated carbocycles. The largest absolute Gasteiger partial charge is 0.491 e. The molecule has 0 amide bonds. The van der Waals surface area contributed by atoms with Crippen LogP contribution in [0.3, 0.4) is 0 Å². The molecule has 0 fully saturated rings. The molecule has 4 heteroatoms. The molecule has 100 valence electrons. The molecular formula is C15H19N3O. The van der Waals surface area contributed by atoms with Crippen LogP contribution in [-0.4, -0.2) is 16.3 Å². The van der Waals surface area contributed by atoms with Gasteiger partial charge < -0.3 is 10.5 Å². The van der Waals surface area contributed by atoms with Crippen LogP contribution in [0.5, 0.6) is 5.75 Å². The van der Waals surface area contributed by atoms with Crippen LogP contribution in [0.25, 0.3) is 11.3 Å². The molecule has 0 spiro atoms. The summed E-state index contributed by atoms with van der Waals surface area (Å²) in [4.78, 5) is 0. The summed E-state index contributed by atoms with van der Waals surface area (Å²) in [5.41, 5.74) is 9.27. The minimum absolute atomic E-state index is 0.174. The van der Waals surface area contributed by atoms with E-state index in [-0.39, 0.29) is 6.10 Å². The lowest BCUT2D eigenvalue weighted by Crippen LogP contribution is -2.06. The van der Waals surface area contributed by atoms with E-state index in [1.807, 2.05) is 45.0 Å². The Morgan fingerprint density at radius 2 is 1.95 bits per heavy atom. The lowest BCUT2D eigenvalue weighted by atomic mass is 10.1. The number of nitrogens with zero attached hydrogens (tertiary/aromatic N) is 2. The van der Waals surface area contributed by atoms with Crippen molar-refractivity contribution in [3.63, 3.8) is 0 Å². The van der Waals surface area contributed by atoms with Crippen molar-refractivity contribution in [2.75, 3.05) is 0 Å². The Hall–Kier alpha value is -1.94. The standard InChI is InChI=1S/C15H19N3O/c1-10(2)19-15-7-4-12(8-11(15)3)14-6-5-13(9-16)17-18-14/h4-8,10H,9,16H2,1-3H3. The number of hydrogen-bond donors (Lipinski definition) is 1. The first-order chi connectivity index (χ1) is 9.10. The lowest BCUT2D eigenvalue weighted by molar-refractivity contribution is 0.241. The molecule has 0 aliphatic rings. The fourth-order valence-corrected chi connectivity index (χ4v) is 1.82. The van der Waals surface area contributed by atoms with Crippen molar-refractivity contribution in [3.05, 3.63) is 41.6 Å². The van der Waals surface area contributed by atoms with E-state index in [0.29, 0.717) is 6.54 Å². The van der Waals surface area contributed by atoms with Gasteiger partial charge in [0.2, 0.25) is 0 Å². The fourth-order valence-electron chi connectivity index (χ4n) is 1.82. The molecule has 0 radical (unpaired) electrons. The maximum Gasteiger partial charge on any atom is 0.122 e. The first-order valence-corrected chi connectivity index (χ1v) is 6.40. The molecule has 4 nitrogen and oxygen atoms in total. The summed E-state index contributed by atoms with van der Waals surface area (Å²) in [6, 6.07) is 9.87. The highest BCUT2D eigenvalue weighted by Gasteiger charge is 2.06. The van der Waals surface area contributed by atoms with E-state index in [9.17, 15) is 0 Å². The lowest BCUT2D eigenvalue weighted by Gasteiger charge is -2.13. The summed E-state index contributed by atoms with van der Waals surface area (Å²) < 4.78 is 5.72. The molecule has 0 unspecified atom stereocenters. The van der Waals surface area contributed by atoms with Crippen molar-refractivity contribution >= 4 is 0 Å². The monoisotopic (exact) mass is 257 g/mol. The van der Waals surface area contributed by atoms with E-state index in [1.165, 1.54) is 0 Å². The van der Waals surface area contributed by atoms with Crippen molar-refractivity contribution in [3.8, 4) is 17.0 Å². The number of nitrogens with two attached hydrogens (primary N) is 1. The third kappa shape index (κ3) is 3.29. The van der Waals surface area contributed by atoms with Gasteiger partial charge in [-0.25, -0.2) is 0 Å².